The number of piperidine rings is 1. The molecule has 1 saturated carbocycles. The summed E-state index contributed by atoms with van der Waals surface area (Å²) in [5.41, 5.74) is 5.08. The number of nitrogens with two attached hydrogens (primary N) is 1. The van der Waals surface area contributed by atoms with Crippen molar-refractivity contribution in [2.24, 2.45) is 17.1 Å². The molecule has 0 spiro atoms. The number of nitrogens with one attached hydrogen (secondary N) is 1. The molecule has 0 aromatic carbocycles. The van der Waals surface area contributed by atoms with Crippen molar-refractivity contribution in [1.29, 1.82) is 0 Å². The lowest BCUT2D eigenvalue weighted by atomic mass is 10.1. The van der Waals surface area contributed by atoms with Crippen molar-refractivity contribution < 1.29 is 4.79 Å². The van der Waals surface area contributed by atoms with Gasteiger partial charge in [0.05, 0.1) is 5.41 Å². The van der Waals surface area contributed by atoms with E-state index in [0.29, 0.717) is 5.92 Å². The summed E-state index contributed by atoms with van der Waals surface area (Å²) in [6, 6.07) is 0. The first-order valence-electron chi connectivity index (χ1n) is 3.26. The van der Waals surface area contributed by atoms with E-state index in [2.05, 4.69) is 5.32 Å². The first-order valence-corrected chi connectivity index (χ1v) is 3.26. The molecule has 9 heavy (non-hydrogen) atoms. The molecule has 1 heterocycles. The van der Waals surface area contributed by atoms with Gasteiger partial charge in [-0.25, -0.2) is 0 Å². The summed E-state index contributed by atoms with van der Waals surface area (Å²) in [6.45, 7) is 1.80. The number of carbonyl (C=O) groups excluding carboxylic acids is 1. The van der Waals surface area contributed by atoms with Crippen LogP contribution in [0.3, 0.4) is 0 Å². The van der Waals surface area contributed by atoms with Crippen LogP contribution in [-0.2, 0) is 4.79 Å². The second kappa shape index (κ2) is 1.29. The highest BCUT2D eigenvalue weighted by atomic mass is 16.1. The largest absolute Gasteiger partial charge is 0.369 e. The zero-order valence-corrected chi connectivity index (χ0v) is 5.18. The van der Waals surface area contributed by atoms with E-state index in [1.807, 2.05) is 0 Å². The molecule has 0 radical (unpaired) electrons. The van der Waals surface area contributed by atoms with Crippen LogP contribution in [0.25, 0.3) is 0 Å². The smallest absolute Gasteiger partial charge is 0.225 e. The molecule has 2 aliphatic rings. The fraction of sp³-hybridized carbons (Fsp3) is 0.833. The van der Waals surface area contributed by atoms with Crippen molar-refractivity contribution in [1.82, 2.24) is 5.32 Å². The van der Waals surface area contributed by atoms with Crippen molar-refractivity contribution in [3.05, 3.63) is 0 Å². The molecule has 0 aromatic rings. The molecule has 1 aliphatic carbocycles. The van der Waals surface area contributed by atoms with E-state index in [0.717, 1.165) is 19.5 Å². The highest BCUT2D eigenvalue weighted by Crippen LogP contribution is 2.54. The molecule has 3 N–H and O–H groups in total. The molecule has 2 atom stereocenters. The van der Waals surface area contributed by atoms with Gasteiger partial charge in [0.2, 0.25) is 5.91 Å². The number of carbonyl (C=O) groups is 1. The standard InChI is InChI=1S/C6H10N2O/c7-5(9)6-1-4(6)2-8-3-6/h4,8H,1-3H2,(H2,7,9). The number of hydrogen-bond acceptors (Lipinski definition) is 2. The van der Waals surface area contributed by atoms with Gasteiger partial charge in [-0.05, 0) is 18.9 Å². The molecule has 3 nitrogen and oxygen atoms in total. The molecule has 50 valence electrons. The van der Waals surface area contributed by atoms with Gasteiger partial charge in [-0.15, -0.1) is 0 Å². The molecule has 0 bridgehead atoms. The highest BCUT2D eigenvalue weighted by Gasteiger charge is 2.61. The third-order valence-corrected chi connectivity index (χ3v) is 2.55. The average Bonchev–Trinajstić information content (AvgIpc) is 2.38. The Morgan fingerprint density at radius 2 is 2.56 bits per heavy atom. The van der Waals surface area contributed by atoms with Gasteiger partial charge in [0.1, 0.15) is 0 Å². The van der Waals surface area contributed by atoms with Gasteiger partial charge in [0.15, 0.2) is 0 Å². The third kappa shape index (κ3) is 0.477. The predicted octanol–water partition coefficient (Wildman–Crippen LogP) is -0.919. The molecule has 3 heteroatoms. The minimum atomic E-state index is -0.113. The molecular weight excluding hydrogens is 116 g/mol. The van der Waals surface area contributed by atoms with Crippen LogP contribution in [-0.4, -0.2) is 19.0 Å². The summed E-state index contributed by atoms with van der Waals surface area (Å²) in [7, 11) is 0. The molecule has 1 aliphatic heterocycles. The fourth-order valence-electron chi connectivity index (χ4n) is 1.72. The second-order valence-corrected chi connectivity index (χ2v) is 3.05. The van der Waals surface area contributed by atoms with Crippen LogP contribution in [0, 0.1) is 11.3 Å². The maximum absolute atomic E-state index is 10.7. The number of fused-ring (bicyclic) bond motifs is 1. The lowest BCUT2D eigenvalue weighted by molar-refractivity contribution is -0.122. The van der Waals surface area contributed by atoms with E-state index in [-0.39, 0.29) is 11.3 Å². The molecule has 2 fully saturated rings. The number of rotatable bonds is 1. The van der Waals surface area contributed by atoms with E-state index in [4.69, 9.17) is 5.73 Å². The van der Waals surface area contributed by atoms with Gasteiger partial charge < -0.3 is 11.1 Å². The topological polar surface area (TPSA) is 55.1 Å². The Kier molecular flexibility index (Phi) is 0.750. The number of primary amides is 1. The number of amides is 1. The van der Waals surface area contributed by atoms with Gasteiger partial charge in [-0.2, -0.15) is 0 Å². The van der Waals surface area contributed by atoms with Crippen LogP contribution in [0.1, 0.15) is 6.42 Å². The van der Waals surface area contributed by atoms with E-state index in [1.165, 1.54) is 0 Å². The first-order chi connectivity index (χ1) is 4.26. The maximum Gasteiger partial charge on any atom is 0.225 e. The van der Waals surface area contributed by atoms with E-state index in [1.54, 1.807) is 0 Å². The molecular formula is C6H10N2O. The lowest BCUT2D eigenvalue weighted by Crippen LogP contribution is -2.30. The van der Waals surface area contributed by atoms with Gasteiger partial charge in [0, 0.05) is 6.54 Å². The minimum Gasteiger partial charge on any atom is -0.369 e. The average molecular weight is 126 g/mol. The second-order valence-electron chi connectivity index (χ2n) is 3.05. The Morgan fingerprint density at radius 3 is 2.78 bits per heavy atom. The zero-order chi connectivity index (χ0) is 6.48. The van der Waals surface area contributed by atoms with Crippen LogP contribution in [0.4, 0.5) is 0 Å². The van der Waals surface area contributed by atoms with E-state index >= 15 is 0 Å². The zero-order valence-electron chi connectivity index (χ0n) is 5.18. The quantitative estimate of drug-likeness (QED) is 0.477. The summed E-state index contributed by atoms with van der Waals surface area (Å²) in [4.78, 5) is 10.7. The predicted molar refractivity (Wildman–Crippen MR) is 32.6 cm³/mol. The van der Waals surface area contributed by atoms with Crippen LogP contribution < -0.4 is 11.1 Å². The Labute approximate surface area is 53.6 Å². The lowest BCUT2D eigenvalue weighted by Gasteiger charge is -2.03. The van der Waals surface area contributed by atoms with Crippen molar-refractivity contribution in [3.8, 4) is 0 Å². The van der Waals surface area contributed by atoms with E-state index < -0.39 is 0 Å². The first kappa shape index (κ1) is 5.23. The normalized spacial score (nSPS) is 46.4. The van der Waals surface area contributed by atoms with Crippen LogP contribution in [0.2, 0.25) is 0 Å². The van der Waals surface area contributed by atoms with Crippen LogP contribution >= 0.6 is 0 Å². The molecule has 1 amide bonds. The Morgan fingerprint density at radius 1 is 1.78 bits per heavy atom. The van der Waals surface area contributed by atoms with Gasteiger partial charge in [-0.1, -0.05) is 0 Å². The third-order valence-electron chi connectivity index (χ3n) is 2.55. The summed E-state index contributed by atoms with van der Waals surface area (Å²) in [6.07, 6.45) is 1.02. The van der Waals surface area contributed by atoms with Gasteiger partial charge in [0.25, 0.3) is 0 Å². The van der Waals surface area contributed by atoms with Crippen LogP contribution in [0.5, 0.6) is 0 Å². The number of hydrogen-bond donors (Lipinski definition) is 2. The molecule has 2 rings (SSSR count). The molecule has 1 saturated heterocycles. The molecule has 2 unspecified atom stereocenters. The van der Waals surface area contributed by atoms with Crippen molar-refractivity contribution >= 4 is 5.91 Å². The highest BCUT2D eigenvalue weighted by molar-refractivity contribution is 5.85. The monoisotopic (exact) mass is 126 g/mol. The van der Waals surface area contributed by atoms with Gasteiger partial charge in [-0.3, -0.25) is 4.79 Å². The Balaban J connectivity index is 2.19. The minimum absolute atomic E-state index is 0.111. The SMILES string of the molecule is NC(=O)C12CNCC1C2. The summed E-state index contributed by atoms with van der Waals surface area (Å²) in [5, 5.41) is 3.14. The van der Waals surface area contributed by atoms with Crippen LogP contribution in [0.15, 0.2) is 0 Å². The summed E-state index contributed by atoms with van der Waals surface area (Å²) >= 11 is 0. The summed E-state index contributed by atoms with van der Waals surface area (Å²) < 4.78 is 0. The molecule has 0 aromatic heterocycles. The summed E-state index contributed by atoms with van der Waals surface area (Å²) in [5.74, 6) is 0.451. The maximum atomic E-state index is 10.7. The van der Waals surface area contributed by atoms with Gasteiger partial charge >= 0.3 is 0 Å². The fourth-order valence-corrected chi connectivity index (χ4v) is 1.72. The van der Waals surface area contributed by atoms with Crippen molar-refractivity contribution in [2.75, 3.05) is 13.1 Å². The van der Waals surface area contributed by atoms with Crippen molar-refractivity contribution in [3.63, 3.8) is 0 Å². The Bertz CT molecular complexity index is 168. The van der Waals surface area contributed by atoms with Crippen molar-refractivity contribution in [2.45, 2.75) is 6.42 Å². The Hall–Kier alpha value is -0.570. The van der Waals surface area contributed by atoms with E-state index in [9.17, 15) is 4.79 Å².